The van der Waals surface area contributed by atoms with Crippen LogP contribution in [0.2, 0.25) is 0 Å². The van der Waals surface area contributed by atoms with E-state index in [4.69, 9.17) is 0 Å². The van der Waals surface area contributed by atoms with Gasteiger partial charge in [-0.2, -0.15) is 0 Å². The first-order valence-corrected chi connectivity index (χ1v) is 6.72. The third kappa shape index (κ3) is 3.35. The summed E-state index contributed by atoms with van der Waals surface area (Å²) in [7, 11) is 1.99. The summed E-state index contributed by atoms with van der Waals surface area (Å²) in [4.78, 5) is 4.36. The molecule has 0 saturated carbocycles. The summed E-state index contributed by atoms with van der Waals surface area (Å²) in [5.74, 6) is 0. The van der Waals surface area contributed by atoms with E-state index in [1.807, 2.05) is 19.6 Å². The molecule has 3 nitrogen and oxygen atoms in total. The molecular weight excluding hydrogens is 222 g/mol. The Kier molecular flexibility index (Phi) is 3.97. The van der Waals surface area contributed by atoms with Crippen molar-refractivity contribution in [2.45, 2.75) is 66.0 Å². The molecule has 3 heteroatoms. The molecule has 0 atom stereocenters. The first-order chi connectivity index (χ1) is 7.99. The van der Waals surface area contributed by atoms with Crippen LogP contribution in [0.1, 0.15) is 60.6 Å². The second-order valence-corrected chi connectivity index (χ2v) is 7.57. The SMILES string of the molecule is CNC(C)(C)c1cncn1C(C)(C)CC(C)(C)C. The van der Waals surface area contributed by atoms with Gasteiger partial charge in [-0.15, -0.1) is 0 Å². The molecule has 1 heterocycles. The lowest BCUT2D eigenvalue weighted by Crippen LogP contribution is -2.40. The maximum atomic E-state index is 4.36. The Morgan fingerprint density at radius 2 is 1.67 bits per heavy atom. The Labute approximate surface area is 112 Å². The largest absolute Gasteiger partial charge is 0.327 e. The van der Waals surface area contributed by atoms with Crippen molar-refractivity contribution < 1.29 is 0 Å². The van der Waals surface area contributed by atoms with Crippen LogP contribution in [-0.4, -0.2) is 16.6 Å². The van der Waals surface area contributed by atoms with Crippen LogP contribution in [0.5, 0.6) is 0 Å². The third-order valence-electron chi connectivity index (χ3n) is 3.52. The molecule has 0 fully saturated rings. The van der Waals surface area contributed by atoms with Gasteiger partial charge in [-0.05, 0) is 46.6 Å². The number of nitrogens with zero attached hydrogens (tertiary/aromatic N) is 2. The molecule has 1 rings (SSSR count). The van der Waals surface area contributed by atoms with Crippen LogP contribution in [0.3, 0.4) is 0 Å². The zero-order chi connectivity index (χ0) is 14.2. The number of imidazole rings is 1. The molecule has 1 aromatic rings. The van der Waals surface area contributed by atoms with Crippen LogP contribution < -0.4 is 5.32 Å². The van der Waals surface area contributed by atoms with E-state index >= 15 is 0 Å². The number of hydrogen-bond donors (Lipinski definition) is 1. The summed E-state index contributed by atoms with van der Waals surface area (Å²) >= 11 is 0. The fraction of sp³-hybridized carbons (Fsp3) is 0.800. The van der Waals surface area contributed by atoms with Crippen molar-refractivity contribution in [2.24, 2.45) is 5.41 Å². The molecule has 0 amide bonds. The lowest BCUT2D eigenvalue weighted by molar-refractivity contribution is 0.201. The maximum absolute atomic E-state index is 4.36. The van der Waals surface area contributed by atoms with E-state index in [1.165, 1.54) is 5.69 Å². The highest BCUT2D eigenvalue weighted by Gasteiger charge is 2.32. The number of aromatic nitrogens is 2. The topological polar surface area (TPSA) is 29.9 Å². The molecule has 0 aliphatic rings. The molecule has 0 aliphatic carbocycles. The van der Waals surface area contributed by atoms with Gasteiger partial charge in [0.05, 0.1) is 23.8 Å². The Morgan fingerprint density at radius 1 is 1.11 bits per heavy atom. The molecular formula is C15H29N3. The molecule has 1 aromatic heterocycles. The molecule has 18 heavy (non-hydrogen) atoms. The fourth-order valence-electron chi connectivity index (χ4n) is 2.75. The lowest BCUT2D eigenvalue weighted by Gasteiger charge is -2.38. The second-order valence-electron chi connectivity index (χ2n) is 7.57. The van der Waals surface area contributed by atoms with Gasteiger partial charge in [0.2, 0.25) is 0 Å². The highest BCUT2D eigenvalue weighted by Crippen LogP contribution is 2.34. The van der Waals surface area contributed by atoms with Gasteiger partial charge in [-0.1, -0.05) is 20.8 Å². The van der Waals surface area contributed by atoms with Crippen LogP contribution in [0.15, 0.2) is 12.5 Å². The third-order valence-corrected chi connectivity index (χ3v) is 3.52. The highest BCUT2D eigenvalue weighted by atomic mass is 15.1. The Balaban J connectivity index is 3.15. The summed E-state index contributed by atoms with van der Waals surface area (Å²) in [6, 6.07) is 0. The molecule has 0 bridgehead atoms. The van der Waals surface area contributed by atoms with Crippen LogP contribution in [0.4, 0.5) is 0 Å². The van der Waals surface area contributed by atoms with Crippen LogP contribution in [0.25, 0.3) is 0 Å². The van der Waals surface area contributed by atoms with Crippen LogP contribution >= 0.6 is 0 Å². The predicted octanol–water partition coefficient (Wildman–Crippen LogP) is 3.51. The van der Waals surface area contributed by atoms with E-state index in [-0.39, 0.29) is 11.1 Å². The van der Waals surface area contributed by atoms with Crippen molar-refractivity contribution in [2.75, 3.05) is 7.05 Å². The van der Waals surface area contributed by atoms with E-state index in [2.05, 4.69) is 63.3 Å². The van der Waals surface area contributed by atoms with Crippen molar-refractivity contribution in [3.8, 4) is 0 Å². The molecule has 0 spiro atoms. The van der Waals surface area contributed by atoms with Gasteiger partial charge < -0.3 is 9.88 Å². The van der Waals surface area contributed by atoms with Gasteiger partial charge in [0.1, 0.15) is 0 Å². The minimum absolute atomic E-state index is 0.0638. The second kappa shape index (κ2) is 4.69. The molecule has 104 valence electrons. The number of hydrogen-bond acceptors (Lipinski definition) is 2. The summed E-state index contributed by atoms with van der Waals surface area (Å²) in [5, 5.41) is 3.36. The van der Waals surface area contributed by atoms with Gasteiger partial charge in [-0.3, -0.25) is 0 Å². The Hall–Kier alpha value is -0.830. The molecule has 0 aliphatic heterocycles. The zero-order valence-corrected chi connectivity index (χ0v) is 13.3. The van der Waals surface area contributed by atoms with E-state index in [1.54, 1.807) is 0 Å². The average Bonchev–Trinajstić information content (AvgIpc) is 2.63. The van der Waals surface area contributed by atoms with Crippen molar-refractivity contribution in [3.05, 3.63) is 18.2 Å². The predicted molar refractivity (Wildman–Crippen MR) is 77.7 cm³/mol. The summed E-state index contributed by atoms with van der Waals surface area (Å²) in [5.41, 5.74) is 1.54. The maximum Gasteiger partial charge on any atom is 0.0953 e. The van der Waals surface area contributed by atoms with Gasteiger partial charge >= 0.3 is 0 Å². The first-order valence-electron chi connectivity index (χ1n) is 6.72. The van der Waals surface area contributed by atoms with Crippen LogP contribution in [-0.2, 0) is 11.1 Å². The van der Waals surface area contributed by atoms with E-state index < -0.39 is 0 Å². The van der Waals surface area contributed by atoms with Gasteiger partial charge in [-0.25, -0.2) is 4.98 Å². The minimum atomic E-state index is -0.0638. The van der Waals surface area contributed by atoms with E-state index in [9.17, 15) is 0 Å². The van der Waals surface area contributed by atoms with Gasteiger partial charge in [0, 0.05) is 5.54 Å². The lowest BCUT2D eigenvalue weighted by atomic mass is 9.81. The average molecular weight is 251 g/mol. The standard InChI is InChI=1S/C15H29N3/c1-13(2,3)10-14(4,5)18-11-17-9-12(18)15(6,7)16-8/h9,11,16H,10H2,1-8H3. The first kappa shape index (κ1) is 15.2. The molecule has 0 unspecified atom stereocenters. The Bertz CT molecular complexity index is 394. The van der Waals surface area contributed by atoms with Crippen molar-refractivity contribution in [3.63, 3.8) is 0 Å². The van der Waals surface area contributed by atoms with Gasteiger partial charge in [0.15, 0.2) is 0 Å². The minimum Gasteiger partial charge on any atom is -0.327 e. The fourth-order valence-corrected chi connectivity index (χ4v) is 2.75. The smallest absolute Gasteiger partial charge is 0.0953 e. The summed E-state index contributed by atoms with van der Waals surface area (Å²) in [6.45, 7) is 15.8. The summed E-state index contributed by atoms with van der Waals surface area (Å²) in [6.07, 6.45) is 5.05. The molecule has 0 saturated heterocycles. The van der Waals surface area contributed by atoms with E-state index in [0.29, 0.717) is 5.41 Å². The van der Waals surface area contributed by atoms with Crippen molar-refractivity contribution >= 4 is 0 Å². The van der Waals surface area contributed by atoms with Crippen LogP contribution in [0, 0.1) is 5.41 Å². The Morgan fingerprint density at radius 3 is 2.11 bits per heavy atom. The molecule has 1 N–H and O–H groups in total. The molecule has 0 aromatic carbocycles. The normalized spacial score (nSPS) is 14.0. The van der Waals surface area contributed by atoms with E-state index in [0.717, 1.165) is 6.42 Å². The quantitative estimate of drug-likeness (QED) is 0.887. The number of rotatable bonds is 4. The van der Waals surface area contributed by atoms with Crippen molar-refractivity contribution in [1.29, 1.82) is 0 Å². The zero-order valence-electron chi connectivity index (χ0n) is 13.3. The van der Waals surface area contributed by atoms with Gasteiger partial charge in [0.25, 0.3) is 0 Å². The molecule has 0 radical (unpaired) electrons. The summed E-state index contributed by atoms with van der Waals surface area (Å²) < 4.78 is 2.31. The number of nitrogens with one attached hydrogen (secondary N) is 1. The monoisotopic (exact) mass is 251 g/mol. The highest BCUT2D eigenvalue weighted by molar-refractivity contribution is 5.13. The van der Waals surface area contributed by atoms with Crippen molar-refractivity contribution in [1.82, 2.24) is 14.9 Å².